The molecule has 0 aromatic carbocycles. The van der Waals surface area contributed by atoms with Crippen LogP contribution in [-0.4, -0.2) is 50.2 Å². The van der Waals surface area contributed by atoms with Crippen LogP contribution in [0.4, 0.5) is 22.0 Å². The quantitative estimate of drug-likeness (QED) is 0.380. The van der Waals surface area contributed by atoms with Crippen molar-refractivity contribution in [1.29, 1.82) is 0 Å². The Bertz CT molecular complexity index is 1410. The van der Waals surface area contributed by atoms with Gasteiger partial charge in [0, 0.05) is 31.7 Å². The van der Waals surface area contributed by atoms with E-state index >= 15 is 0 Å². The summed E-state index contributed by atoms with van der Waals surface area (Å²) in [6, 6.07) is 2.51. The molecule has 2 fully saturated rings. The first-order valence-electron chi connectivity index (χ1n) is 13.6. The topological polar surface area (TPSA) is 114 Å². The van der Waals surface area contributed by atoms with Gasteiger partial charge in [0.1, 0.15) is 11.8 Å². The second kappa shape index (κ2) is 11.0. The van der Waals surface area contributed by atoms with Gasteiger partial charge in [-0.3, -0.25) is 9.59 Å². The Hall–Kier alpha value is -3.58. The first kappa shape index (κ1) is 28.9. The van der Waals surface area contributed by atoms with Crippen LogP contribution in [0.15, 0.2) is 29.1 Å². The molecule has 3 aromatic rings. The largest absolute Gasteiger partial charge is 0.393 e. The molecule has 3 atom stereocenters. The fourth-order valence-corrected chi connectivity index (χ4v) is 5.66. The van der Waals surface area contributed by atoms with Crippen molar-refractivity contribution in [2.24, 2.45) is 17.8 Å². The van der Waals surface area contributed by atoms with Crippen LogP contribution in [0.2, 0.25) is 0 Å². The van der Waals surface area contributed by atoms with Gasteiger partial charge in [0.05, 0.1) is 35.2 Å². The summed E-state index contributed by atoms with van der Waals surface area (Å²) in [5, 5.41) is 13.7. The SMILES string of the molecule is CC(C)c1nocc1C(=O)NC(c1cn2nc(CC3C[C@@H](C(F)(F)F)CNC3=O)ccc2n1)C1CCC(F)(F)CC1. The van der Waals surface area contributed by atoms with E-state index < -0.39 is 48.3 Å². The highest BCUT2D eigenvalue weighted by atomic mass is 19.4. The van der Waals surface area contributed by atoms with Crippen LogP contribution in [-0.2, 0) is 11.2 Å². The summed E-state index contributed by atoms with van der Waals surface area (Å²) in [5.41, 5.74) is 1.93. The normalized spacial score (nSPS) is 22.6. The molecule has 5 rings (SSSR count). The van der Waals surface area contributed by atoms with E-state index in [0.29, 0.717) is 22.7 Å². The molecule has 9 nitrogen and oxygen atoms in total. The van der Waals surface area contributed by atoms with E-state index in [4.69, 9.17) is 4.52 Å². The molecule has 0 bridgehead atoms. The van der Waals surface area contributed by atoms with Gasteiger partial charge in [-0.2, -0.15) is 18.3 Å². The average Bonchev–Trinajstić information content (AvgIpc) is 3.55. The molecule has 0 radical (unpaired) electrons. The molecule has 2 amide bonds. The number of nitrogens with one attached hydrogen (secondary N) is 2. The van der Waals surface area contributed by atoms with Gasteiger partial charge in [0.2, 0.25) is 11.8 Å². The molecule has 14 heteroatoms. The second-order valence-electron chi connectivity index (χ2n) is 11.3. The summed E-state index contributed by atoms with van der Waals surface area (Å²) in [5.74, 6) is -6.61. The van der Waals surface area contributed by atoms with E-state index in [9.17, 15) is 31.5 Å². The third kappa shape index (κ3) is 6.35. The van der Waals surface area contributed by atoms with E-state index in [0.717, 1.165) is 0 Å². The van der Waals surface area contributed by atoms with Crippen LogP contribution in [0.25, 0.3) is 5.65 Å². The molecular weight excluding hydrogens is 551 g/mol. The van der Waals surface area contributed by atoms with Crippen molar-refractivity contribution in [3.8, 4) is 0 Å². The highest BCUT2D eigenvalue weighted by molar-refractivity contribution is 5.95. The fraction of sp³-hybridized carbons (Fsp3) is 0.593. The molecule has 4 heterocycles. The maximum absolute atomic E-state index is 14.0. The molecule has 0 spiro atoms. The Morgan fingerprint density at radius 1 is 1.24 bits per heavy atom. The summed E-state index contributed by atoms with van der Waals surface area (Å²) in [4.78, 5) is 30.2. The number of hydrogen-bond acceptors (Lipinski definition) is 6. The predicted octanol–water partition coefficient (Wildman–Crippen LogP) is 4.99. The van der Waals surface area contributed by atoms with Gasteiger partial charge < -0.3 is 15.2 Å². The Labute approximate surface area is 232 Å². The Morgan fingerprint density at radius 2 is 1.98 bits per heavy atom. The van der Waals surface area contributed by atoms with E-state index in [-0.39, 0.29) is 55.9 Å². The van der Waals surface area contributed by atoms with Crippen LogP contribution in [0.3, 0.4) is 0 Å². The third-order valence-electron chi connectivity index (χ3n) is 8.00. The molecule has 3 aromatic heterocycles. The fourth-order valence-electron chi connectivity index (χ4n) is 5.66. The summed E-state index contributed by atoms with van der Waals surface area (Å²) in [6.07, 6.45) is -2.19. The van der Waals surface area contributed by atoms with E-state index in [1.165, 1.54) is 10.8 Å². The summed E-state index contributed by atoms with van der Waals surface area (Å²) in [7, 11) is 0. The lowest BCUT2D eigenvalue weighted by Gasteiger charge is -2.33. The predicted molar refractivity (Wildman–Crippen MR) is 135 cm³/mol. The first-order valence-corrected chi connectivity index (χ1v) is 13.6. The number of carbonyl (C=O) groups excluding carboxylic acids is 2. The number of imidazole rings is 1. The molecule has 2 unspecified atom stereocenters. The highest BCUT2D eigenvalue weighted by Crippen LogP contribution is 2.41. The second-order valence-corrected chi connectivity index (χ2v) is 11.3. The summed E-state index contributed by atoms with van der Waals surface area (Å²) < 4.78 is 74.1. The number of rotatable bonds is 7. The van der Waals surface area contributed by atoms with Gasteiger partial charge in [0.15, 0.2) is 5.65 Å². The number of nitrogens with zero attached hydrogens (tertiary/aromatic N) is 4. The number of piperidine rings is 1. The monoisotopic (exact) mass is 582 g/mol. The van der Waals surface area contributed by atoms with Crippen LogP contribution in [0, 0.1) is 17.8 Å². The molecule has 222 valence electrons. The lowest BCUT2D eigenvalue weighted by atomic mass is 9.81. The molecule has 41 heavy (non-hydrogen) atoms. The van der Waals surface area contributed by atoms with Crippen molar-refractivity contribution >= 4 is 17.5 Å². The zero-order valence-corrected chi connectivity index (χ0v) is 22.5. The number of halogens is 5. The first-order chi connectivity index (χ1) is 19.3. The number of hydrogen-bond donors (Lipinski definition) is 2. The van der Waals surface area contributed by atoms with Crippen molar-refractivity contribution in [3.05, 3.63) is 47.2 Å². The van der Waals surface area contributed by atoms with Gasteiger partial charge >= 0.3 is 6.18 Å². The third-order valence-corrected chi connectivity index (χ3v) is 8.00. The Kier molecular flexibility index (Phi) is 7.77. The van der Waals surface area contributed by atoms with Crippen LogP contribution >= 0.6 is 0 Å². The van der Waals surface area contributed by atoms with Crippen LogP contribution < -0.4 is 10.6 Å². The van der Waals surface area contributed by atoms with Crippen LogP contribution in [0.1, 0.15) is 85.4 Å². The molecule has 1 saturated heterocycles. The summed E-state index contributed by atoms with van der Waals surface area (Å²) >= 11 is 0. The van der Waals surface area contributed by atoms with Gasteiger partial charge in [-0.25, -0.2) is 18.3 Å². The molecule has 1 aliphatic carbocycles. The molecule has 2 aliphatic rings. The molecule has 1 saturated carbocycles. The van der Waals surface area contributed by atoms with Gasteiger partial charge in [-0.05, 0) is 43.2 Å². The standard InChI is InChI=1S/C27H31F5N6O3/c1-14(2)22-19(13-41-37-22)25(40)35-23(15-5-7-26(28,29)8-6-15)20-12-38-21(34-20)4-3-18(36-38)10-16-9-17(27(30,31)32)11-33-24(16)39/h3-4,12-17,23H,5-11H2,1-2H3,(H,33,39)(H,35,40)/t16?,17-,23?/m1/s1. The van der Waals surface area contributed by atoms with E-state index in [2.05, 4.69) is 25.9 Å². The zero-order valence-electron chi connectivity index (χ0n) is 22.5. The number of amides is 2. The van der Waals surface area contributed by atoms with Gasteiger partial charge in [0.25, 0.3) is 5.91 Å². The molecular formula is C27H31F5N6O3. The van der Waals surface area contributed by atoms with Gasteiger partial charge in [-0.15, -0.1) is 0 Å². The highest BCUT2D eigenvalue weighted by Gasteiger charge is 2.45. The molecule has 1 aliphatic heterocycles. The van der Waals surface area contributed by atoms with Crippen molar-refractivity contribution < 1.29 is 36.1 Å². The maximum atomic E-state index is 14.0. The minimum atomic E-state index is -4.41. The minimum absolute atomic E-state index is 0.00517. The van der Waals surface area contributed by atoms with Crippen molar-refractivity contribution in [2.75, 3.05) is 6.54 Å². The average molecular weight is 583 g/mol. The lowest BCUT2D eigenvalue weighted by Crippen LogP contribution is -2.47. The van der Waals surface area contributed by atoms with Crippen molar-refractivity contribution in [2.45, 2.75) is 76.4 Å². The lowest BCUT2D eigenvalue weighted by molar-refractivity contribution is -0.183. The van der Waals surface area contributed by atoms with E-state index in [1.54, 1.807) is 18.3 Å². The van der Waals surface area contributed by atoms with Crippen molar-refractivity contribution in [3.63, 3.8) is 0 Å². The Balaban J connectivity index is 1.40. The summed E-state index contributed by atoms with van der Waals surface area (Å²) in [6.45, 7) is 3.28. The minimum Gasteiger partial charge on any atom is -0.364 e. The number of alkyl halides is 5. The number of fused-ring (bicyclic) bond motifs is 1. The van der Waals surface area contributed by atoms with Gasteiger partial charge in [-0.1, -0.05) is 19.0 Å². The molecule has 2 N–H and O–H groups in total. The van der Waals surface area contributed by atoms with Crippen molar-refractivity contribution in [1.82, 2.24) is 30.4 Å². The number of carbonyl (C=O) groups is 2. The van der Waals surface area contributed by atoms with Crippen LogP contribution in [0.5, 0.6) is 0 Å². The zero-order chi connectivity index (χ0) is 29.5. The number of aromatic nitrogens is 4. The maximum Gasteiger partial charge on any atom is 0.393 e. The Morgan fingerprint density at radius 3 is 2.66 bits per heavy atom. The smallest absolute Gasteiger partial charge is 0.364 e. The van der Waals surface area contributed by atoms with E-state index in [1.807, 2.05) is 13.8 Å².